The third-order valence-corrected chi connectivity index (χ3v) is 2.89. The molecule has 0 saturated heterocycles. The van der Waals surface area contributed by atoms with Crippen molar-refractivity contribution in [3.05, 3.63) is 48.0 Å². The zero-order chi connectivity index (χ0) is 13.0. The van der Waals surface area contributed by atoms with Crippen LogP contribution in [0.5, 0.6) is 0 Å². The van der Waals surface area contributed by atoms with E-state index in [1.807, 2.05) is 12.4 Å². The van der Waals surface area contributed by atoms with Crippen LogP contribution in [0, 0.1) is 6.92 Å². The van der Waals surface area contributed by atoms with Gasteiger partial charge in [0.1, 0.15) is 6.33 Å². The molecule has 1 aromatic carbocycles. The quantitative estimate of drug-likeness (QED) is 0.894. The molecule has 0 aliphatic rings. The molecule has 18 heavy (non-hydrogen) atoms. The highest BCUT2D eigenvalue weighted by atomic mass is 14.9. The van der Waals surface area contributed by atoms with Gasteiger partial charge in [0, 0.05) is 30.5 Å². The van der Waals surface area contributed by atoms with Crippen LogP contribution in [0.4, 0.5) is 0 Å². The van der Waals surface area contributed by atoms with Gasteiger partial charge in [-0.3, -0.25) is 0 Å². The van der Waals surface area contributed by atoms with Gasteiger partial charge in [-0.1, -0.05) is 26.0 Å². The van der Waals surface area contributed by atoms with Crippen molar-refractivity contribution in [2.45, 2.75) is 33.4 Å². The van der Waals surface area contributed by atoms with Crippen LogP contribution in [-0.2, 0) is 6.54 Å². The Morgan fingerprint density at radius 2 is 1.89 bits per heavy atom. The van der Waals surface area contributed by atoms with E-state index in [1.165, 1.54) is 16.7 Å². The van der Waals surface area contributed by atoms with Gasteiger partial charge in [-0.15, -0.1) is 0 Å². The van der Waals surface area contributed by atoms with Crippen molar-refractivity contribution >= 4 is 0 Å². The second kappa shape index (κ2) is 5.74. The Labute approximate surface area is 108 Å². The minimum atomic E-state index is 0.495. The van der Waals surface area contributed by atoms with Gasteiger partial charge in [-0.2, -0.15) is 0 Å². The van der Waals surface area contributed by atoms with Crippen molar-refractivity contribution in [1.82, 2.24) is 15.3 Å². The summed E-state index contributed by atoms with van der Waals surface area (Å²) >= 11 is 0. The Morgan fingerprint density at radius 3 is 2.56 bits per heavy atom. The summed E-state index contributed by atoms with van der Waals surface area (Å²) in [6.45, 7) is 7.31. The molecule has 1 heterocycles. The van der Waals surface area contributed by atoms with E-state index in [0.717, 1.165) is 12.1 Å². The second-order valence-corrected chi connectivity index (χ2v) is 4.81. The maximum Gasteiger partial charge on any atom is 0.115 e. The number of nitrogens with one attached hydrogen (secondary N) is 1. The average Bonchev–Trinajstić information content (AvgIpc) is 2.38. The summed E-state index contributed by atoms with van der Waals surface area (Å²) in [5.74, 6) is 0. The molecule has 3 nitrogen and oxygen atoms in total. The molecule has 0 atom stereocenters. The molecule has 0 fully saturated rings. The standard InChI is InChI=1S/C15H19N3/c1-11(2)18-7-13-5-4-12(3)15(6-13)14-8-16-10-17-9-14/h4-6,8-11,18H,7H2,1-3H3. The summed E-state index contributed by atoms with van der Waals surface area (Å²) in [7, 11) is 0. The molecule has 0 unspecified atom stereocenters. The number of hydrogen-bond acceptors (Lipinski definition) is 3. The Hall–Kier alpha value is -1.74. The zero-order valence-electron chi connectivity index (χ0n) is 11.1. The van der Waals surface area contributed by atoms with E-state index in [-0.39, 0.29) is 0 Å². The van der Waals surface area contributed by atoms with Gasteiger partial charge in [0.05, 0.1) is 0 Å². The fourth-order valence-corrected chi connectivity index (χ4v) is 1.85. The first-order chi connectivity index (χ1) is 8.66. The molecule has 0 radical (unpaired) electrons. The molecule has 2 rings (SSSR count). The van der Waals surface area contributed by atoms with E-state index in [9.17, 15) is 0 Å². The molecule has 0 amide bonds. The summed E-state index contributed by atoms with van der Waals surface area (Å²) in [6.07, 6.45) is 5.27. The van der Waals surface area contributed by atoms with Crippen LogP contribution in [0.25, 0.3) is 11.1 Å². The molecule has 1 aromatic heterocycles. The van der Waals surface area contributed by atoms with Crippen LogP contribution in [0.15, 0.2) is 36.9 Å². The molecule has 0 spiro atoms. The van der Waals surface area contributed by atoms with Gasteiger partial charge < -0.3 is 5.32 Å². The molecule has 94 valence electrons. The third kappa shape index (κ3) is 3.14. The van der Waals surface area contributed by atoms with Gasteiger partial charge >= 0.3 is 0 Å². The smallest absolute Gasteiger partial charge is 0.115 e. The van der Waals surface area contributed by atoms with Gasteiger partial charge in [0.25, 0.3) is 0 Å². The molecule has 0 saturated carbocycles. The van der Waals surface area contributed by atoms with Gasteiger partial charge in [0.2, 0.25) is 0 Å². The highest BCUT2D eigenvalue weighted by Crippen LogP contribution is 2.23. The number of benzene rings is 1. The van der Waals surface area contributed by atoms with Crippen LogP contribution in [0.1, 0.15) is 25.0 Å². The largest absolute Gasteiger partial charge is 0.310 e. The predicted octanol–water partition coefficient (Wildman–Crippen LogP) is 2.95. The van der Waals surface area contributed by atoms with E-state index in [2.05, 4.69) is 54.3 Å². The summed E-state index contributed by atoms with van der Waals surface area (Å²) in [6, 6.07) is 7.02. The first kappa shape index (κ1) is 12.7. The lowest BCUT2D eigenvalue weighted by molar-refractivity contribution is 0.589. The molecule has 3 heteroatoms. The van der Waals surface area contributed by atoms with E-state index < -0.39 is 0 Å². The van der Waals surface area contributed by atoms with Crippen LogP contribution in [0.2, 0.25) is 0 Å². The topological polar surface area (TPSA) is 37.8 Å². The lowest BCUT2D eigenvalue weighted by Gasteiger charge is -2.11. The van der Waals surface area contributed by atoms with Crippen molar-refractivity contribution in [2.75, 3.05) is 0 Å². The van der Waals surface area contributed by atoms with Crippen LogP contribution < -0.4 is 5.32 Å². The Kier molecular flexibility index (Phi) is 4.05. The number of nitrogens with zero attached hydrogens (tertiary/aromatic N) is 2. The van der Waals surface area contributed by atoms with Gasteiger partial charge in [0.15, 0.2) is 0 Å². The maximum absolute atomic E-state index is 4.08. The van der Waals surface area contributed by atoms with Crippen molar-refractivity contribution in [3.63, 3.8) is 0 Å². The van der Waals surface area contributed by atoms with E-state index in [4.69, 9.17) is 0 Å². The molecule has 0 aliphatic heterocycles. The Bertz CT molecular complexity index is 506. The van der Waals surface area contributed by atoms with Crippen LogP contribution in [0.3, 0.4) is 0 Å². The van der Waals surface area contributed by atoms with Crippen LogP contribution >= 0.6 is 0 Å². The molecule has 1 N–H and O–H groups in total. The molecule has 2 aromatic rings. The first-order valence-corrected chi connectivity index (χ1v) is 6.25. The average molecular weight is 241 g/mol. The lowest BCUT2D eigenvalue weighted by Crippen LogP contribution is -2.21. The highest BCUT2D eigenvalue weighted by Gasteiger charge is 2.04. The number of hydrogen-bond donors (Lipinski definition) is 1. The van der Waals surface area contributed by atoms with Crippen LogP contribution in [-0.4, -0.2) is 16.0 Å². The summed E-state index contributed by atoms with van der Waals surface area (Å²) in [4.78, 5) is 8.16. The zero-order valence-corrected chi connectivity index (χ0v) is 11.1. The summed E-state index contributed by atoms with van der Waals surface area (Å²) in [5.41, 5.74) is 4.81. The van der Waals surface area contributed by atoms with Crippen molar-refractivity contribution in [1.29, 1.82) is 0 Å². The minimum absolute atomic E-state index is 0.495. The normalized spacial score (nSPS) is 10.9. The first-order valence-electron chi connectivity index (χ1n) is 6.25. The summed E-state index contributed by atoms with van der Waals surface area (Å²) in [5, 5.41) is 3.43. The van der Waals surface area contributed by atoms with E-state index in [0.29, 0.717) is 6.04 Å². The number of rotatable bonds is 4. The molecule has 0 aliphatic carbocycles. The van der Waals surface area contributed by atoms with Gasteiger partial charge in [-0.25, -0.2) is 9.97 Å². The Morgan fingerprint density at radius 1 is 1.17 bits per heavy atom. The molecular formula is C15H19N3. The lowest BCUT2D eigenvalue weighted by atomic mass is 10.0. The highest BCUT2D eigenvalue weighted by molar-refractivity contribution is 5.66. The number of aryl methyl sites for hydroxylation is 1. The van der Waals surface area contributed by atoms with Crippen molar-refractivity contribution < 1.29 is 0 Å². The monoisotopic (exact) mass is 241 g/mol. The van der Waals surface area contributed by atoms with Crippen molar-refractivity contribution in [3.8, 4) is 11.1 Å². The predicted molar refractivity (Wildman–Crippen MR) is 74.2 cm³/mol. The third-order valence-electron chi connectivity index (χ3n) is 2.89. The maximum atomic E-state index is 4.08. The van der Waals surface area contributed by atoms with E-state index in [1.54, 1.807) is 6.33 Å². The molecule has 0 bridgehead atoms. The summed E-state index contributed by atoms with van der Waals surface area (Å²) < 4.78 is 0. The molecular weight excluding hydrogens is 222 g/mol. The second-order valence-electron chi connectivity index (χ2n) is 4.81. The fraction of sp³-hybridized carbons (Fsp3) is 0.333. The van der Waals surface area contributed by atoms with Gasteiger partial charge in [-0.05, 0) is 29.7 Å². The SMILES string of the molecule is Cc1ccc(CNC(C)C)cc1-c1cncnc1. The van der Waals surface area contributed by atoms with Crippen molar-refractivity contribution in [2.24, 2.45) is 0 Å². The number of aromatic nitrogens is 2. The minimum Gasteiger partial charge on any atom is -0.310 e. The van der Waals surface area contributed by atoms with E-state index >= 15 is 0 Å². The fourth-order valence-electron chi connectivity index (χ4n) is 1.85. The Balaban J connectivity index is 2.27.